The molecule has 1 unspecified atom stereocenters. The number of anilines is 1. The minimum atomic E-state index is -0.690. The molecular formula is C16H25N3O3S. The van der Waals surface area contributed by atoms with E-state index in [9.17, 15) is 5.11 Å². The highest BCUT2D eigenvalue weighted by Crippen LogP contribution is 2.30. The third kappa shape index (κ3) is 4.94. The molecule has 1 heterocycles. The maximum Gasteiger partial charge on any atom is 0.195 e. The van der Waals surface area contributed by atoms with Gasteiger partial charge in [0.25, 0.3) is 0 Å². The topological polar surface area (TPSA) is 75.1 Å². The van der Waals surface area contributed by atoms with E-state index < -0.39 is 5.60 Å². The van der Waals surface area contributed by atoms with Gasteiger partial charge < -0.3 is 25.2 Å². The largest absolute Gasteiger partial charge is 0.493 e. The molecule has 0 bridgehead atoms. The van der Waals surface area contributed by atoms with Crippen LogP contribution >= 0.6 is 11.8 Å². The molecule has 1 atom stereocenters. The molecule has 1 aromatic rings. The van der Waals surface area contributed by atoms with Crippen LogP contribution in [-0.4, -0.2) is 55.5 Å². The average Bonchev–Trinajstić information content (AvgIpc) is 3.00. The maximum atomic E-state index is 10.4. The van der Waals surface area contributed by atoms with Crippen LogP contribution < -0.4 is 20.1 Å². The molecule has 2 rings (SSSR count). The van der Waals surface area contributed by atoms with E-state index in [1.54, 1.807) is 26.0 Å². The van der Waals surface area contributed by atoms with Crippen LogP contribution in [0.5, 0.6) is 11.5 Å². The highest BCUT2D eigenvalue weighted by molar-refractivity contribution is 7.99. The molecule has 0 spiro atoms. The molecule has 1 aliphatic heterocycles. The standard InChI is InChI=1S/C16H25N3O3S/c1-4-17-15(18-10-16(20)7-8-23-11-16)19-12-5-6-13(21-2)14(9-12)22-3/h5-6,9,20H,4,7-8,10-11H2,1-3H3,(H2,17,18,19). The molecule has 1 saturated heterocycles. The minimum Gasteiger partial charge on any atom is -0.493 e. The van der Waals surface area contributed by atoms with Gasteiger partial charge in [-0.1, -0.05) is 0 Å². The van der Waals surface area contributed by atoms with Gasteiger partial charge in [0, 0.05) is 24.1 Å². The zero-order valence-corrected chi connectivity index (χ0v) is 14.7. The molecule has 3 N–H and O–H groups in total. The molecule has 0 radical (unpaired) electrons. The lowest BCUT2D eigenvalue weighted by Gasteiger charge is -2.20. The van der Waals surface area contributed by atoms with Crippen molar-refractivity contribution < 1.29 is 14.6 Å². The smallest absolute Gasteiger partial charge is 0.195 e. The summed E-state index contributed by atoms with van der Waals surface area (Å²) in [7, 11) is 3.21. The second-order valence-corrected chi connectivity index (χ2v) is 6.52. The number of methoxy groups -OCH3 is 2. The summed E-state index contributed by atoms with van der Waals surface area (Å²) >= 11 is 1.77. The Labute approximate surface area is 141 Å². The Bertz CT molecular complexity index is 545. The van der Waals surface area contributed by atoms with E-state index in [2.05, 4.69) is 15.6 Å². The molecule has 1 aliphatic rings. The first-order chi connectivity index (χ1) is 11.1. The molecule has 23 heavy (non-hydrogen) atoms. The van der Waals surface area contributed by atoms with Crippen LogP contribution in [0.2, 0.25) is 0 Å². The van der Waals surface area contributed by atoms with Gasteiger partial charge in [0.15, 0.2) is 17.5 Å². The Morgan fingerprint density at radius 2 is 2.13 bits per heavy atom. The van der Waals surface area contributed by atoms with Crippen molar-refractivity contribution in [2.45, 2.75) is 18.9 Å². The zero-order valence-electron chi connectivity index (χ0n) is 13.9. The lowest BCUT2D eigenvalue weighted by atomic mass is 10.1. The third-order valence-electron chi connectivity index (χ3n) is 3.60. The van der Waals surface area contributed by atoms with Gasteiger partial charge in [-0.2, -0.15) is 11.8 Å². The van der Waals surface area contributed by atoms with E-state index in [-0.39, 0.29) is 0 Å². The third-order valence-corrected chi connectivity index (χ3v) is 4.84. The minimum absolute atomic E-state index is 0.391. The van der Waals surface area contributed by atoms with Gasteiger partial charge in [-0.05, 0) is 31.2 Å². The fourth-order valence-corrected chi connectivity index (χ4v) is 3.59. The number of benzene rings is 1. The van der Waals surface area contributed by atoms with Crippen molar-refractivity contribution in [3.05, 3.63) is 18.2 Å². The monoisotopic (exact) mass is 339 g/mol. The van der Waals surface area contributed by atoms with Crippen molar-refractivity contribution in [1.29, 1.82) is 0 Å². The summed E-state index contributed by atoms with van der Waals surface area (Å²) in [4.78, 5) is 4.52. The SMILES string of the molecule is CCNC(=NCC1(O)CCSC1)Nc1ccc(OC)c(OC)c1. The molecule has 128 valence electrons. The van der Waals surface area contributed by atoms with Gasteiger partial charge in [-0.25, -0.2) is 4.99 Å². The van der Waals surface area contributed by atoms with Crippen molar-refractivity contribution in [3.63, 3.8) is 0 Å². The van der Waals surface area contributed by atoms with Gasteiger partial charge in [0.1, 0.15) is 0 Å². The molecular weight excluding hydrogens is 314 g/mol. The Kier molecular flexibility index (Phi) is 6.41. The maximum absolute atomic E-state index is 10.4. The lowest BCUT2D eigenvalue weighted by Crippen LogP contribution is -2.36. The molecule has 0 saturated carbocycles. The van der Waals surface area contributed by atoms with E-state index >= 15 is 0 Å². The molecule has 1 fully saturated rings. The molecule has 6 nitrogen and oxygen atoms in total. The van der Waals surface area contributed by atoms with Gasteiger partial charge in [0.2, 0.25) is 0 Å². The lowest BCUT2D eigenvalue weighted by molar-refractivity contribution is 0.0779. The van der Waals surface area contributed by atoms with Gasteiger partial charge in [-0.15, -0.1) is 0 Å². The van der Waals surface area contributed by atoms with Gasteiger partial charge >= 0.3 is 0 Å². The van der Waals surface area contributed by atoms with E-state index in [1.807, 2.05) is 25.1 Å². The molecule has 0 amide bonds. The van der Waals surface area contributed by atoms with E-state index in [1.165, 1.54) is 0 Å². The summed E-state index contributed by atoms with van der Waals surface area (Å²) in [5.41, 5.74) is 0.153. The van der Waals surface area contributed by atoms with E-state index in [4.69, 9.17) is 9.47 Å². The number of hydrogen-bond donors (Lipinski definition) is 3. The predicted octanol–water partition coefficient (Wildman–Crippen LogP) is 1.95. The second kappa shape index (κ2) is 8.31. The van der Waals surface area contributed by atoms with Crippen LogP contribution in [0.25, 0.3) is 0 Å². The van der Waals surface area contributed by atoms with Crippen molar-refractivity contribution in [1.82, 2.24) is 5.32 Å². The average molecular weight is 339 g/mol. The van der Waals surface area contributed by atoms with E-state index in [0.29, 0.717) is 24.0 Å². The fourth-order valence-electron chi connectivity index (χ4n) is 2.31. The number of ether oxygens (including phenoxy) is 2. The Hall–Kier alpha value is -1.60. The quantitative estimate of drug-likeness (QED) is 0.543. The first-order valence-corrected chi connectivity index (χ1v) is 8.83. The first-order valence-electron chi connectivity index (χ1n) is 7.67. The first kappa shape index (κ1) is 17.7. The fraction of sp³-hybridized carbons (Fsp3) is 0.562. The van der Waals surface area contributed by atoms with Crippen molar-refractivity contribution >= 4 is 23.4 Å². The predicted molar refractivity (Wildman–Crippen MR) is 96.0 cm³/mol. The summed E-state index contributed by atoms with van der Waals surface area (Å²) in [6, 6.07) is 5.59. The normalized spacial score (nSPS) is 21.1. The summed E-state index contributed by atoms with van der Waals surface area (Å²) < 4.78 is 10.5. The number of aliphatic hydroxyl groups is 1. The van der Waals surface area contributed by atoms with Crippen LogP contribution in [0.15, 0.2) is 23.2 Å². The van der Waals surface area contributed by atoms with Crippen molar-refractivity contribution in [2.24, 2.45) is 4.99 Å². The van der Waals surface area contributed by atoms with Crippen LogP contribution in [0, 0.1) is 0 Å². The Balaban J connectivity index is 2.09. The highest BCUT2D eigenvalue weighted by atomic mass is 32.2. The molecule has 0 aromatic heterocycles. The van der Waals surface area contributed by atoms with Crippen molar-refractivity contribution in [3.8, 4) is 11.5 Å². The summed E-state index contributed by atoms with van der Waals surface area (Å²) in [6.45, 7) is 3.14. The van der Waals surface area contributed by atoms with Crippen LogP contribution in [0.3, 0.4) is 0 Å². The van der Waals surface area contributed by atoms with Crippen molar-refractivity contribution in [2.75, 3.05) is 44.1 Å². The Morgan fingerprint density at radius 1 is 1.35 bits per heavy atom. The number of nitrogens with one attached hydrogen (secondary N) is 2. The van der Waals surface area contributed by atoms with Crippen LogP contribution in [0.4, 0.5) is 5.69 Å². The van der Waals surface area contributed by atoms with Crippen LogP contribution in [0.1, 0.15) is 13.3 Å². The number of guanidine groups is 1. The summed E-state index contributed by atoms with van der Waals surface area (Å²) in [5, 5.41) is 16.8. The highest BCUT2D eigenvalue weighted by Gasteiger charge is 2.31. The number of hydrogen-bond acceptors (Lipinski definition) is 5. The Morgan fingerprint density at radius 3 is 2.74 bits per heavy atom. The molecule has 0 aliphatic carbocycles. The zero-order chi connectivity index (χ0) is 16.7. The molecule has 7 heteroatoms. The number of thioether (sulfide) groups is 1. The van der Waals surface area contributed by atoms with Gasteiger partial charge in [0.05, 0.1) is 26.4 Å². The number of nitrogens with zero attached hydrogens (tertiary/aromatic N) is 1. The summed E-state index contributed by atoms with van der Waals surface area (Å²) in [5.74, 6) is 3.71. The van der Waals surface area contributed by atoms with E-state index in [0.717, 1.165) is 30.2 Å². The summed E-state index contributed by atoms with van der Waals surface area (Å²) in [6.07, 6.45) is 0.789. The number of rotatable bonds is 6. The van der Waals surface area contributed by atoms with Crippen LogP contribution in [-0.2, 0) is 0 Å². The second-order valence-electron chi connectivity index (χ2n) is 5.42. The van der Waals surface area contributed by atoms with Gasteiger partial charge in [-0.3, -0.25) is 0 Å². The number of aliphatic imine (C=N–C) groups is 1. The molecule has 1 aromatic carbocycles.